The molecule has 1 aliphatic heterocycles. The Morgan fingerprint density at radius 1 is 1.62 bits per heavy atom. The van der Waals surface area contributed by atoms with Crippen molar-refractivity contribution in [2.24, 2.45) is 0 Å². The molecule has 0 amide bonds. The summed E-state index contributed by atoms with van der Waals surface area (Å²) < 4.78 is 6.91. The second-order valence-corrected chi connectivity index (χ2v) is 4.19. The predicted octanol–water partition coefficient (Wildman–Crippen LogP) is 1.49. The van der Waals surface area contributed by atoms with Crippen molar-refractivity contribution < 1.29 is 9.53 Å². The molecule has 4 nitrogen and oxygen atoms in total. The van der Waals surface area contributed by atoms with Crippen LogP contribution in [0.5, 0.6) is 0 Å². The molecule has 0 unspecified atom stereocenters. The molecule has 0 aromatic carbocycles. The van der Waals surface area contributed by atoms with Gasteiger partial charge in [-0.2, -0.15) is 0 Å². The summed E-state index contributed by atoms with van der Waals surface area (Å²) in [5.41, 5.74) is -0.333. The summed E-state index contributed by atoms with van der Waals surface area (Å²) in [5.74, 6) is 0. The van der Waals surface area contributed by atoms with Crippen molar-refractivity contribution in [1.82, 2.24) is 4.57 Å². The van der Waals surface area contributed by atoms with Crippen LogP contribution in [-0.2, 0) is 11.3 Å². The van der Waals surface area contributed by atoms with Crippen molar-refractivity contribution >= 4 is 17.9 Å². The molecule has 86 valence electrons. The maximum atomic E-state index is 11.8. The Morgan fingerprint density at radius 3 is 3.06 bits per heavy atom. The largest absolute Gasteiger partial charge is 0.376 e. The highest BCUT2D eigenvalue weighted by molar-refractivity contribution is 6.32. The second-order valence-electron chi connectivity index (χ2n) is 3.79. The first kappa shape index (κ1) is 11.4. The number of carbonyl (C=O) groups is 1. The second kappa shape index (κ2) is 4.80. The summed E-state index contributed by atoms with van der Waals surface area (Å²) in [6.07, 6.45) is 4.13. The number of rotatable bonds is 3. The molecule has 1 aliphatic rings. The Hall–Kier alpha value is -1.13. The molecule has 0 N–H and O–H groups in total. The molecule has 16 heavy (non-hydrogen) atoms. The van der Waals surface area contributed by atoms with E-state index < -0.39 is 0 Å². The van der Waals surface area contributed by atoms with Crippen molar-refractivity contribution in [1.29, 1.82) is 0 Å². The fourth-order valence-corrected chi connectivity index (χ4v) is 2.01. The molecule has 1 saturated heterocycles. The third-order valence-electron chi connectivity index (χ3n) is 2.69. The third-order valence-corrected chi connectivity index (χ3v) is 3.02. The van der Waals surface area contributed by atoms with Crippen LogP contribution in [0.25, 0.3) is 0 Å². The maximum absolute atomic E-state index is 11.8. The van der Waals surface area contributed by atoms with Gasteiger partial charge in [0.25, 0.3) is 5.56 Å². The lowest BCUT2D eigenvalue weighted by molar-refractivity contribution is 0.0958. The first-order valence-corrected chi connectivity index (χ1v) is 5.56. The summed E-state index contributed by atoms with van der Waals surface area (Å²) in [5, 5.41) is 0.198. The van der Waals surface area contributed by atoms with Crippen molar-refractivity contribution in [3.63, 3.8) is 0 Å². The molecule has 2 rings (SSSR count). The first-order chi connectivity index (χ1) is 7.72. The van der Waals surface area contributed by atoms with Crippen molar-refractivity contribution in [3.05, 3.63) is 33.2 Å². The summed E-state index contributed by atoms with van der Waals surface area (Å²) >= 11 is 5.74. The van der Waals surface area contributed by atoms with Gasteiger partial charge in [-0.1, -0.05) is 11.6 Å². The lowest BCUT2D eigenvalue weighted by Gasteiger charge is -2.12. The zero-order valence-corrected chi connectivity index (χ0v) is 9.44. The Kier molecular flexibility index (Phi) is 3.41. The van der Waals surface area contributed by atoms with Crippen LogP contribution in [-0.4, -0.2) is 23.6 Å². The number of aldehydes is 1. The highest BCUT2D eigenvalue weighted by Crippen LogP contribution is 2.14. The molecule has 5 heteroatoms. The smallest absolute Gasteiger partial charge is 0.262 e. The highest BCUT2D eigenvalue weighted by Gasteiger charge is 2.17. The number of ether oxygens (including phenoxy) is 1. The van der Waals surface area contributed by atoms with E-state index >= 15 is 0 Å². The lowest BCUT2D eigenvalue weighted by atomic mass is 10.2. The number of hydrogen-bond donors (Lipinski definition) is 0. The van der Waals surface area contributed by atoms with E-state index in [1.165, 1.54) is 4.57 Å². The zero-order valence-electron chi connectivity index (χ0n) is 8.69. The van der Waals surface area contributed by atoms with Gasteiger partial charge in [-0.05, 0) is 18.9 Å². The van der Waals surface area contributed by atoms with E-state index in [-0.39, 0.29) is 22.2 Å². The fourth-order valence-electron chi connectivity index (χ4n) is 1.83. The minimum atomic E-state index is -0.349. The van der Waals surface area contributed by atoms with Gasteiger partial charge in [-0.3, -0.25) is 9.59 Å². The van der Waals surface area contributed by atoms with Crippen LogP contribution in [0.15, 0.2) is 17.1 Å². The molecule has 0 saturated carbocycles. The van der Waals surface area contributed by atoms with Crippen LogP contribution >= 0.6 is 11.6 Å². The van der Waals surface area contributed by atoms with E-state index in [0.29, 0.717) is 12.8 Å². The van der Waals surface area contributed by atoms with E-state index in [0.717, 1.165) is 19.4 Å². The van der Waals surface area contributed by atoms with Crippen molar-refractivity contribution in [3.8, 4) is 0 Å². The zero-order chi connectivity index (χ0) is 11.5. The fraction of sp³-hybridized carbons (Fsp3) is 0.455. The molecule has 0 radical (unpaired) electrons. The topological polar surface area (TPSA) is 48.3 Å². The Bertz CT molecular complexity index is 449. The first-order valence-electron chi connectivity index (χ1n) is 5.18. The van der Waals surface area contributed by atoms with E-state index in [1.54, 1.807) is 12.3 Å². The third kappa shape index (κ3) is 2.18. The average Bonchev–Trinajstić information content (AvgIpc) is 2.76. The molecule has 1 atom stereocenters. The van der Waals surface area contributed by atoms with Gasteiger partial charge in [0.15, 0.2) is 6.29 Å². The minimum Gasteiger partial charge on any atom is -0.376 e. The molecule has 1 aromatic heterocycles. The average molecular weight is 242 g/mol. The quantitative estimate of drug-likeness (QED) is 0.754. The van der Waals surface area contributed by atoms with Crippen LogP contribution in [0.3, 0.4) is 0 Å². The highest BCUT2D eigenvalue weighted by atomic mass is 35.5. The van der Waals surface area contributed by atoms with Crippen molar-refractivity contribution in [2.45, 2.75) is 25.5 Å². The van der Waals surface area contributed by atoms with Crippen LogP contribution in [0.2, 0.25) is 5.02 Å². The number of hydrogen-bond acceptors (Lipinski definition) is 3. The number of nitrogens with zero attached hydrogens (tertiary/aromatic N) is 1. The Morgan fingerprint density at radius 2 is 2.44 bits per heavy atom. The van der Waals surface area contributed by atoms with Gasteiger partial charge in [0.1, 0.15) is 0 Å². The number of halogens is 1. The Labute approximate surface area is 97.8 Å². The molecule has 1 fully saturated rings. The van der Waals surface area contributed by atoms with E-state index in [9.17, 15) is 9.59 Å². The van der Waals surface area contributed by atoms with Gasteiger partial charge in [0, 0.05) is 12.8 Å². The van der Waals surface area contributed by atoms with Crippen LogP contribution < -0.4 is 5.56 Å². The van der Waals surface area contributed by atoms with E-state index in [1.807, 2.05) is 0 Å². The van der Waals surface area contributed by atoms with Crippen molar-refractivity contribution in [2.75, 3.05) is 6.61 Å². The van der Waals surface area contributed by atoms with Gasteiger partial charge in [0.05, 0.1) is 23.2 Å². The molecular formula is C11H12ClNO3. The number of carbonyl (C=O) groups excluding carboxylic acids is 1. The summed E-state index contributed by atoms with van der Waals surface area (Å²) in [4.78, 5) is 22.5. The van der Waals surface area contributed by atoms with Gasteiger partial charge in [0.2, 0.25) is 0 Å². The number of aromatic nitrogens is 1. The lowest BCUT2D eigenvalue weighted by Crippen LogP contribution is -2.28. The standard InChI is InChI=1S/C11H12ClNO3/c12-10-3-4-13(11(15)9(10)7-14)6-8-2-1-5-16-8/h3-4,7-8H,1-2,5-6H2/t8-/m1/s1. The SMILES string of the molecule is O=Cc1c(Cl)ccn(C[C@H]2CCCO2)c1=O. The van der Waals surface area contributed by atoms with E-state index in [2.05, 4.69) is 0 Å². The molecule has 0 spiro atoms. The van der Waals surface area contributed by atoms with E-state index in [4.69, 9.17) is 16.3 Å². The molecule has 0 aliphatic carbocycles. The Balaban J connectivity index is 2.27. The predicted molar refractivity (Wildman–Crippen MR) is 60.1 cm³/mol. The minimum absolute atomic E-state index is 0.0159. The van der Waals surface area contributed by atoms with Gasteiger partial charge in [-0.15, -0.1) is 0 Å². The maximum Gasteiger partial charge on any atom is 0.262 e. The van der Waals surface area contributed by atoms with Crippen LogP contribution in [0.1, 0.15) is 23.2 Å². The van der Waals surface area contributed by atoms with Gasteiger partial charge < -0.3 is 9.30 Å². The molecule has 1 aromatic rings. The number of pyridine rings is 1. The summed E-state index contributed by atoms with van der Waals surface area (Å²) in [6.45, 7) is 1.23. The summed E-state index contributed by atoms with van der Waals surface area (Å²) in [7, 11) is 0. The normalized spacial score (nSPS) is 19.9. The van der Waals surface area contributed by atoms with Gasteiger partial charge in [-0.25, -0.2) is 0 Å². The van der Waals surface area contributed by atoms with Crippen LogP contribution in [0, 0.1) is 0 Å². The van der Waals surface area contributed by atoms with Gasteiger partial charge >= 0.3 is 0 Å². The monoisotopic (exact) mass is 241 g/mol. The molecule has 2 heterocycles. The van der Waals surface area contributed by atoms with Crippen LogP contribution in [0.4, 0.5) is 0 Å². The summed E-state index contributed by atoms with van der Waals surface area (Å²) in [6, 6.07) is 1.56. The molecular weight excluding hydrogens is 230 g/mol. The molecule has 0 bridgehead atoms.